The minimum Gasteiger partial charge on any atom is -0.322 e. The lowest BCUT2D eigenvalue weighted by Crippen LogP contribution is -2.30. The number of benzene rings is 3. The Kier molecular flexibility index (Phi) is 4.26. The Hall–Kier alpha value is -2.26. The van der Waals surface area contributed by atoms with E-state index in [9.17, 15) is 4.79 Å². The summed E-state index contributed by atoms with van der Waals surface area (Å²) >= 11 is 1.86. The molecule has 0 bridgehead atoms. The molecule has 3 heteroatoms. The fourth-order valence-corrected chi connectivity index (χ4v) is 4.96. The number of nitrogens with zero attached hydrogens (tertiary/aromatic N) is 1. The lowest BCUT2D eigenvalue weighted by molar-refractivity contribution is 0.0762. The molecule has 126 valence electrons. The number of fused-ring (bicyclic) bond motifs is 1. The number of thioether (sulfide) groups is 1. The molecule has 0 N–H and O–H groups in total. The van der Waals surface area contributed by atoms with Gasteiger partial charge in [-0.3, -0.25) is 4.79 Å². The van der Waals surface area contributed by atoms with Crippen molar-refractivity contribution in [1.29, 1.82) is 0 Å². The van der Waals surface area contributed by atoms with E-state index >= 15 is 0 Å². The summed E-state index contributed by atoms with van der Waals surface area (Å²) in [7, 11) is 0. The van der Waals surface area contributed by atoms with E-state index in [1.807, 2.05) is 47.0 Å². The maximum atomic E-state index is 13.3. The van der Waals surface area contributed by atoms with Crippen LogP contribution in [0.2, 0.25) is 0 Å². The number of aryl methyl sites for hydroxylation is 2. The zero-order chi connectivity index (χ0) is 17.4. The molecule has 0 spiro atoms. The standard InChI is InChI=1S/C22H21NOS/c1-15-10-11-18(16(2)14-15)22-23(12-13-25-22)21(24)20-9-5-7-17-6-3-4-8-19(17)20/h3-11,14,22H,12-13H2,1-2H3. The fraction of sp³-hybridized carbons (Fsp3) is 0.227. The Morgan fingerprint density at radius 1 is 1.04 bits per heavy atom. The smallest absolute Gasteiger partial charge is 0.255 e. The summed E-state index contributed by atoms with van der Waals surface area (Å²) in [5, 5.41) is 2.25. The topological polar surface area (TPSA) is 20.3 Å². The zero-order valence-electron chi connectivity index (χ0n) is 14.5. The number of rotatable bonds is 2. The van der Waals surface area contributed by atoms with Gasteiger partial charge in [0.1, 0.15) is 5.37 Å². The molecule has 0 saturated carbocycles. The zero-order valence-corrected chi connectivity index (χ0v) is 15.3. The lowest BCUT2D eigenvalue weighted by atomic mass is 10.0. The van der Waals surface area contributed by atoms with Gasteiger partial charge in [0.25, 0.3) is 5.91 Å². The van der Waals surface area contributed by atoms with Crippen LogP contribution in [0.15, 0.2) is 60.7 Å². The van der Waals surface area contributed by atoms with Gasteiger partial charge in [-0.25, -0.2) is 0 Å². The quantitative estimate of drug-likeness (QED) is 0.623. The first-order valence-electron chi connectivity index (χ1n) is 8.62. The molecule has 2 nitrogen and oxygen atoms in total. The number of hydrogen-bond donors (Lipinski definition) is 0. The molecular formula is C22H21NOS. The normalized spacial score (nSPS) is 17.2. The van der Waals surface area contributed by atoms with Gasteiger partial charge in [0.2, 0.25) is 0 Å². The van der Waals surface area contributed by atoms with E-state index < -0.39 is 0 Å². The monoisotopic (exact) mass is 347 g/mol. The molecule has 3 aromatic rings. The Balaban J connectivity index is 1.73. The minimum atomic E-state index is 0.104. The van der Waals surface area contributed by atoms with Gasteiger partial charge in [0.15, 0.2) is 0 Å². The Morgan fingerprint density at radius 2 is 1.84 bits per heavy atom. The molecule has 1 atom stereocenters. The number of hydrogen-bond acceptors (Lipinski definition) is 2. The Bertz CT molecular complexity index is 944. The number of carbonyl (C=O) groups is 1. The second-order valence-electron chi connectivity index (χ2n) is 6.61. The first kappa shape index (κ1) is 16.2. The summed E-state index contributed by atoms with van der Waals surface area (Å²) in [6.45, 7) is 5.05. The number of amides is 1. The highest BCUT2D eigenvalue weighted by atomic mass is 32.2. The second kappa shape index (κ2) is 6.57. The van der Waals surface area contributed by atoms with E-state index in [1.165, 1.54) is 16.7 Å². The van der Waals surface area contributed by atoms with E-state index in [2.05, 4.69) is 44.2 Å². The van der Waals surface area contributed by atoms with E-state index in [0.29, 0.717) is 0 Å². The molecule has 1 unspecified atom stereocenters. The summed E-state index contributed by atoms with van der Waals surface area (Å²) in [5.41, 5.74) is 4.57. The fourth-order valence-electron chi connectivity index (χ4n) is 3.60. The van der Waals surface area contributed by atoms with Crippen molar-refractivity contribution in [1.82, 2.24) is 4.90 Å². The van der Waals surface area contributed by atoms with Crippen LogP contribution in [0.1, 0.15) is 32.4 Å². The predicted molar refractivity (Wildman–Crippen MR) is 106 cm³/mol. The molecule has 1 aliphatic rings. The molecule has 0 aliphatic carbocycles. The van der Waals surface area contributed by atoms with Gasteiger partial charge in [0, 0.05) is 17.9 Å². The summed E-state index contributed by atoms with van der Waals surface area (Å²) < 4.78 is 0. The van der Waals surface area contributed by atoms with Gasteiger partial charge in [-0.2, -0.15) is 0 Å². The van der Waals surface area contributed by atoms with Crippen LogP contribution < -0.4 is 0 Å². The molecule has 0 radical (unpaired) electrons. The molecule has 1 amide bonds. The van der Waals surface area contributed by atoms with Crippen molar-refractivity contribution in [2.75, 3.05) is 12.3 Å². The highest BCUT2D eigenvalue weighted by molar-refractivity contribution is 7.99. The minimum absolute atomic E-state index is 0.104. The van der Waals surface area contributed by atoms with E-state index in [0.717, 1.165) is 28.6 Å². The van der Waals surface area contributed by atoms with Crippen LogP contribution >= 0.6 is 11.8 Å². The summed E-state index contributed by atoms with van der Waals surface area (Å²) in [6.07, 6.45) is 0. The molecule has 4 rings (SSSR count). The molecular weight excluding hydrogens is 326 g/mol. The molecule has 1 saturated heterocycles. The van der Waals surface area contributed by atoms with Crippen molar-refractivity contribution >= 4 is 28.4 Å². The molecule has 1 fully saturated rings. The van der Waals surface area contributed by atoms with E-state index in [4.69, 9.17) is 0 Å². The van der Waals surface area contributed by atoms with Crippen LogP contribution in [-0.4, -0.2) is 23.1 Å². The molecule has 1 aliphatic heterocycles. The van der Waals surface area contributed by atoms with Crippen LogP contribution in [0.3, 0.4) is 0 Å². The maximum Gasteiger partial charge on any atom is 0.255 e. The summed E-state index contributed by atoms with van der Waals surface area (Å²) in [6, 6.07) is 20.6. The van der Waals surface area contributed by atoms with Gasteiger partial charge < -0.3 is 4.90 Å². The molecule has 25 heavy (non-hydrogen) atoms. The lowest BCUT2D eigenvalue weighted by Gasteiger charge is -2.26. The largest absolute Gasteiger partial charge is 0.322 e. The summed E-state index contributed by atoms with van der Waals surface area (Å²) in [4.78, 5) is 15.4. The third-order valence-corrected chi connectivity index (χ3v) is 6.11. The van der Waals surface area contributed by atoms with Crippen LogP contribution in [-0.2, 0) is 0 Å². The van der Waals surface area contributed by atoms with Gasteiger partial charge in [-0.05, 0) is 41.8 Å². The van der Waals surface area contributed by atoms with Crippen molar-refractivity contribution in [3.05, 3.63) is 82.9 Å². The van der Waals surface area contributed by atoms with Crippen molar-refractivity contribution < 1.29 is 4.79 Å². The summed E-state index contributed by atoms with van der Waals surface area (Å²) in [5.74, 6) is 1.11. The molecule has 0 aromatic heterocycles. The van der Waals surface area contributed by atoms with Crippen molar-refractivity contribution in [2.24, 2.45) is 0 Å². The first-order chi connectivity index (χ1) is 12.1. The Morgan fingerprint density at radius 3 is 2.68 bits per heavy atom. The van der Waals surface area contributed by atoms with Crippen molar-refractivity contribution in [3.63, 3.8) is 0 Å². The first-order valence-corrected chi connectivity index (χ1v) is 9.67. The van der Waals surface area contributed by atoms with Gasteiger partial charge in [-0.1, -0.05) is 60.2 Å². The highest BCUT2D eigenvalue weighted by Crippen LogP contribution is 2.40. The average molecular weight is 347 g/mol. The second-order valence-corrected chi connectivity index (χ2v) is 7.80. The van der Waals surface area contributed by atoms with E-state index in [-0.39, 0.29) is 11.3 Å². The average Bonchev–Trinajstić information content (AvgIpc) is 3.10. The maximum absolute atomic E-state index is 13.3. The van der Waals surface area contributed by atoms with Crippen molar-refractivity contribution in [2.45, 2.75) is 19.2 Å². The third-order valence-electron chi connectivity index (χ3n) is 4.86. The van der Waals surface area contributed by atoms with Crippen molar-refractivity contribution in [3.8, 4) is 0 Å². The van der Waals surface area contributed by atoms with Crippen LogP contribution in [0.5, 0.6) is 0 Å². The van der Waals surface area contributed by atoms with Crippen LogP contribution in [0.4, 0.5) is 0 Å². The third kappa shape index (κ3) is 2.93. The number of carbonyl (C=O) groups excluding carboxylic acids is 1. The van der Waals surface area contributed by atoms with Gasteiger partial charge in [-0.15, -0.1) is 11.8 Å². The Labute approximate surface area is 152 Å². The van der Waals surface area contributed by atoms with Crippen LogP contribution in [0.25, 0.3) is 10.8 Å². The SMILES string of the molecule is Cc1ccc(C2SCCN2C(=O)c2cccc3ccccc23)c(C)c1. The van der Waals surface area contributed by atoms with E-state index in [1.54, 1.807) is 0 Å². The van der Waals surface area contributed by atoms with Gasteiger partial charge >= 0.3 is 0 Å². The van der Waals surface area contributed by atoms with Gasteiger partial charge in [0.05, 0.1) is 0 Å². The predicted octanol–water partition coefficient (Wildman–Crippen LogP) is 5.34. The molecule has 1 heterocycles. The van der Waals surface area contributed by atoms with Crippen LogP contribution in [0, 0.1) is 13.8 Å². The highest BCUT2D eigenvalue weighted by Gasteiger charge is 2.32. The molecule has 3 aromatic carbocycles.